The molecule has 192 valence electrons. The highest BCUT2D eigenvalue weighted by Gasteiger charge is 2.40. The van der Waals surface area contributed by atoms with Gasteiger partial charge in [0.1, 0.15) is 16.9 Å². The van der Waals surface area contributed by atoms with Crippen LogP contribution >= 0.6 is 0 Å². The molecule has 1 atom stereocenters. The molecule has 2 N–H and O–H groups in total. The van der Waals surface area contributed by atoms with Crippen molar-refractivity contribution in [2.45, 2.75) is 64.5 Å². The number of β-amino-alcohol motifs (C(OH)–C–C–N with tert-alkyl or cyclic N) is 1. The normalized spacial score (nSPS) is 18.4. The van der Waals surface area contributed by atoms with Crippen molar-refractivity contribution in [1.29, 1.82) is 0 Å². The molecular weight excluding hydrogens is 463 g/mol. The molecule has 1 aliphatic rings. The molecule has 1 aromatic heterocycles. The molecule has 1 aliphatic heterocycles. The number of ether oxygens (including phenoxy) is 1. The van der Waals surface area contributed by atoms with Crippen molar-refractivity contribution in [2.24, 2.45) is 0 Å². The van der Waals surface area contributed by atoms with Crippen LogP contribution in [0, 0.1) is 0 Å². The third kappa shape index (κ3) is 6.17. The lowest BCUT2D eigenvalue weighted by Gasteiger charge is -2.26. The highest BCUT2D eigenvalue weighted by molar-refractivity contribution is 5.77. The number of rotatable bonds is 6. The fourth-order valence-corrected chi connectivity index (χ4v) is 4.04. The molecule has 0 radical (unpaired) electrons. The third-order valence-electron chi connectivity index (χ3n) is 5.89. The van der Waals surface area contributed by atoms with Gasteiger partial charge in [0.05, 0.1) is 13.1 Å². The van der Waals surface area contributed by atoms with Crippen molar-refractivity contribution >= 4 is 17.5 Å². The standard InChI is InChI=1S/C26H33FN6O3/c1-24(2,3)36-23(34)32-15-14-26(35,16-32)17-33-30-22(29-31-33)20-8-6-7-9-21(20)28-19-12-10-18(11-13-19)25(4,5)27/h6-13,28,35H,14-17H2,1-5H3. The number of amides is 1. The molecule has 1 fully saturated rings. The van der Waals surface area contributed by atoms with Crippen molar-refractivity contribution in [3.05, 3.63) is 54.1 Å². The third-order valence-corrected chi connectivity index (χ3v) is 5.89. The first-order valence-corrected chi connectivity index (χ1v) is 12.0. The van der Waals surface area contributed by atoms with Gasteiger partial charge in [-0.25, -0.2) is 9.18 Å². The quantitative estimate of drug-likeness (QED) is 0.511. The summed E-state index contributed by atoms with van der Waals surface area (Å²) >= 11 is 0. The Labute approximate surface area is 210 Å². The number of carbonyl (C=O) groups is 1. The van der Waals surface area contributed by atoms with E-state index in [-0.39, 0.29) is 13.1 Å². The second kappa shape index (κ2) is 9.50. The monoisotopic (exact) mass is 496 g/mol. The molecule has 3 aromatic rings. The Morgan fingerprint density at radius 1 is 1.14 bits per heavy atom. The van der Waals surface area contributed by atoms with Crippen molar-refractivity contribution in [2.75, 3.05) is 18.4 Å². The maximum Gasteiger partial charge on any atom is 0.410 e. The number of hydrogen-bond acceptors (Lipinski definition) is 7. The van der Waals surface area contributed by atoms with Crippen LogP contribution in [-0.2, 0) is 17.0 Å². The highest BCUT2D eigenvalue weighted by Crippen LogP contribution is 2.30. The molecule has 0 saturated carbocycles. The Morgan fingerprint density at radius 3 is 2.50 bits per heavy atom. The van der Waals surface area contributed by atoms with Crippen molar-refractivity contribution in [3.8, 4) is 11.4 Å². The van der Waals surface area contributed by atoms with Gasteiger partial charge in [0.15, 0.2) is 0 Å². The maximum absolute atomic E-state index is 14.2. The lowest BCUT2D eigenvalue weighted by atomic mass is 10.00. The van der Waals surface area contributed by atoms with Gasteiger partial charge < -0.3 is 20.1 Å². The van der Waals surface area contributed by atoms with E-state index >= 15 is 0 Å². The van der Waals surface area contributed by atoms with Crippen LogP contribution in [0.4, 0.5) is 20.6 Å². The van der Waals surface area contributed by atoms with Gasteiger partial charge in [-0.15, -0.1) is 10.2 Å². The molecule has 2 aromatic carbocycles. The molecule has 36 heavy (non-hydrogen) atoms. The van der Waals surface area contributed by atoms with Crippen LogP contribution in [0.5, 0.6) is 0 Å². The smallest absolute Gasteiger partial charge is 0.410 e. The SMILES string of the molecule is CC(C)(C)OC(=O)N1CCC(O)(Cn2nnc(-c3ccccc3Nc3ccc(C(C)(C)F)cc3)n2)C1. The van der Waals surface area contributed by atoms with Gasteiger partial charge in [-0.3, -0.25) is 0 Å². The summed E-state index contributed by atoms with van der Waals surface area (Å²) in [7, 11) is 0. The number of hydrogen-bond donors (Lipinski definition) is 2. The number of benzene rings is 2. The average Bonchev–Trinajstić information content (AvgIpc) is 3.40. The fraction of sp³-hybridized carbons (Fsp3) is 0.462. The molecule has 0 bridgehead atoms. The fourth-order valence-electron chi connectivity index (χ4n) is 4.04. The summed E-state index contributed by atoms with van der Waals surface area (Å²) in [4.78, 5) is 15.2. The summed E-state index contributed by atoms with van der Waals surface area (Å²) in [6, 6.07) is 14.7. The lowest BCUT2D eigenvalue weighted by molar-refractivity contribution is 0.00597. The van der Waals surface area contributed by atoms with E-state index in [1.807, 2.05) is 36.4 Å². The molecule has 4 rings (SSSR count). The molecule has 0 aliphatic carbocycles. The lowest BCUT2D eigenvalue weighted by Crippen LogP contribution is -2.41. The van der Waals surface area contributed by atoms with Gasteiger partial charge in [0.2, 0.25) is 5.82 Å². The van der Waals surface area contributed by atoms with E-state index in [0.717, 1.165) is 16.9 Å². The van der Waals surface area contributed by atoms with Gasteiger partial charge in [0, 0.05) is 23.5 Å². The first-order valence-electron chi connectivity index (χ1n) is 12.0. The van der Waals surface area contributed by atoms with E-state index in [1.165, 1.54) is 23.5 Å². The van der Waals surface area contributed by atoms with E-state index < -0.39 is 23.0 Å². The number of tetrazole rings is 1. The Hall–Kier alpha value is -3.53. The first-order chi connectivity index (χ1) is 16.8. The Bertz CT molecular complexity index is 1220. The minimum atomic E-state index is -1.41. The van der Waals surface area contributed by atoms with Crippen molar-refractivity contribution in [1.82, 2.24) is 25.1 Å². The molecule has 9 nitrogen and oxygen atoms in total. The van der Waals surface area contributed by atoms with E-state index in [4.69, 9.17) is 4.74 Å². The van der Waals surface area contributed by atoms with Gasteiger partial charge in [-0.1, -0.05) is 24.3 Å². The van der Waals surface area contributed by atoms with Crippen molar-refractivity contribution in [3.63, 3.8) is 0 Å². The molecule has 1 amide bonds. The number of halogens is 1. The summed E-state index contributed by atoms with van der Waals surface area (Å²) in [6.07, 6.45) is -0.0683. The summed E-state index contributed by atoms with van der Waals surface area (Å²) in [5.74, 6) is 0.394. The molecule has 1 saturated heterocycles. The number of nitrogens with zero attached hydrogens (tertiary/aromatic N) is 5. The number of carbonyl (C=O) groups excluding carboxylic acids is 1. The number of para-hydroxylation sites is 1. The zero-order valence-electron chi connectivity index (χ0n) is 21.3. The van der Waals surface area contributed by atoms with E-state index in [9.17, 15) is 14.3 Å². The topological polar surface area (TPSA) is 105 Å². The van der Waals surface area contributed by atoms with Gasteiger partial charge in [0.25, 0.3) is 0 Å². The summed E-state index contributed by atoms with van der Waals surface area (Å²) in [5, 5.41) is 27.2. The van der Waals surface area contributed by atoms with Crippen LogP contribution in [0.25, 0.3) is 11.4 Å². The number of alkyl halides is 1. The molecular formula is C26H33FN6O3. The maximum atomic E-state index is 14.2. The molecule has 1 unspecified atom stereocenters. The largest absolute Gasteiger partial charge is 0.444 e. The van der Waals surface area contributed by atoms with Crippen LogP contribution in [0.2, 0.25) is 0 Å². The first kappa shape index (κ1) is 25.6. The van der Waals surface area contributed by atoms with Gasteiger partial charge in [-0.05, 0) is 76.1 Å². The van der Waals surface area contributed by atoms with E-state index in [1.54, 1.807) is 32.9 Å². The van der Waals surface area contributed by atoms with E-state index in [0.29, 0.717) is 24.4 Å². The second-order valence-corrected chi connectivity index (χ2v) is 10.7. The Morgan fingerprint density at radius 2 is 1.83 bits per heavy atom. The zero-order chi connectivity index (χ0) is 26.1. The average molecular weight is 497 g/mol. The predicted octanol–water partition coefficient (Wildman–Crippen LogP) is 4.66. The molecule has 0 spiro atoms. The summed E-state index contributed by atoms with van der Waals surface area (Å²) in [5.41, 5.74) is -0.308. The molecule has 10 heteroatoms. The Balaban J connectivity index is 1.45. The zero-order valence-corrected chi connectivity index (χ0v) is 21.3. The predicted molar refractivity (Wildman–Crippen MR) is 134 cm³/mol. The van der Waals surface area contributed by atoms with Gasteiger partial charge >= 0.3 is 6.09 Å². The number of aromatic nitrogens is 4. The van der Waals surface area contributed by atoms with Crippen LogP contribution in [0.1, 0.15) is 46.6 Å². The number of aliphatic hydroxyl groups is 1. The minimum absolute atomic E-state index is 0.0926. The van der Waals surface area contributed by atoms with Crippen LogP contribution < -0.4 is 5.32 Å². The number of likely N-dealkylation sites (tertiary alicyclic amines) is 1. The van der Waals surface area contributed by atoms with Crippen LogP contribution in [-0.4, -0.2) is 60.6 Å². The highest BCUT2D eigenvalue weighted by atomic mass is 19.1. The van der Waals surface area contributed by atoms with Crippen LogP contribution in [0.15, 0.2) is 48.5 Å². The van der Waals surface area contributed by atoms with Crippen LogP contribution in [0.3, 0.4) is 0 Å². The minimum Gasteiger partial charge on any atom is -0.444 e. The van der Waals surface area contributed by atoms with E-state index in [2.05, 4.69) is 20.7 Å². The summed E-state index contributed by atoms with van der Waals surface area (Å²) < 4.78 is 19.6. The number of anilines is 2. The number of nitrogens with one attached hydrogen (secondary N) is 1. The molecule has 2 heterocycles. The Kier molecular flexibility index (Phi) is 6.74. The second-order valence-electron chi connectivity index (χ2n) is 10.7. The van der Waals surface area contributed by atoms with Crippen molar-refractivity contribution < 1.29 is 19.0 Å². The summed E-state index contributed by atoms with van der Waals surface area (Å²) in [6.45, 7) is 9.07. The van der Waals surface area contributed by atoms with Gasteiger partial charge in [-0.2, -0.15) is 4.80 Å².